The Morgan fingerprint density at radius 3 is 1.94 bits per heavy atom. The van der Waals surface area contributed by atoms with Crippen LogP contribution in [0.3, 0.4) is 0 Å². The molecule has 0 spiro atoms. The molecule has 1 N–H and O–H groups in total. The van der Waals surface area contributed by atoms with E-state index >= 15 is 0 Å². The number of benzene rings is 3. The molecule has 0 aromatic heterocycles. The van der Waals surface area contributed by atoms with Crippen LogP contribution in [0.15, 0.2) is 89.8 Å². The lowest BCUT2D eigenvalue weighted by molar-refractivity contribution is 0.0730. The molecule has 1 aliphatic rings. The fraction of sp³-hybridized carbons (Fsp3) is 0.240. The van der Waals surface area contributed by atoms with E-state index in [9.17, 15) is 8.42 Å². The molecule has 172 valence electrons. The minimum absolute atomic E-state index is 0.0617. The first-order valence-electron chi connectivity index (χ1n) is 10.8. The van der Waals surface area contributed by atoms with Gasteiger partial charge in [0.15, 0.2) is 5.11 Å². The summed E-state index contributed by atoms with van der Waals surface area (Å²) >= 11 is 5.72. The largest absolute Gasteiger partial charge is 0.379 e. The second-order valence-electron chi connectivity index (χ2n) is 7.81. The van der Waals surface area contributed by atoms with Crippen LogP contribution in [0.1, 0.15) is 17.2 Å². The van der Waals surface area contributed by atoms with E-state index in [1.807, 2.05) is 48.3 Å². The molecule has 1 heterocycles. The van der Waals surface area contributed by atoms with E-state index < -0.39 is 10.0 Å². The van der Waals surface area contributed by atoms with E-state index in [2.05, 4.69) is 29.6 Å². The molecule has 0 aliphatic carbocycles. The number of morpholine rings is 1. The summed E-state index contributed by atoms with van der Waals surface area (Å²) in [7, 11) is -1.57. The highest BCUT2D eigenvalue weighted by Gasteiger charge is 2.26. The first-order valence-corrected chi connectivity index (χ1v) is 12.6. The molecule has 0 atom stereocenters. The van der Waals surface area contributed by atoms with Gasteiger partial charge in [-0.05, 0) is 47.6 Å². The van der Waals surface area contributed by atoms with E-state index in [-0.39, 0.29) is 10.9 Å². The molecule has 0 unspecified atom stereocenters. The molecule has 1 fully saturated rings. The molecule has 6 nitrogen and oxygen atoms in total. The number of nitrogens with zero attached hydrogens (tertiary/aromatic N) is 2. The van der Waals surface area contributed by atoms with Crippen molar-refractivity contribution in [1.82, 2.24) is 9.21 Å². The Labute approximate surface area is 200 Å². The molecule has 4 rings (SSSR count). The number of hydrogen-bond donors (Lipinski definition) is 1. The standard InChI is InChI=1S/C25H27N3O3S2/c1-27(24(20-8-4-2-5-9-20)21-10-6-3-7-11-21)25(32)26-22-12-14-23(15-13-22)33(29,30)28-16-18-31-19-17-28/h2-15,24H,16-19H2,1H3,(H,26,32). The van der Waals surface area contributed by atoms with Gasteiger partial charge in [0, 0.05) is 25.8 Å². The second-order valence-corrected chi connectivity index (χ2v) is 10.1. The van der Waals surface area contributed by atoms with E-state index in [1.165, 1.54) is 4.31 Å². The fourth-order valence-corrected chi connectivity index (χ4v) is 5.52. The predicted octanol–water partition coefficient (Wildman–Crippen LogP) is 4.13. The Morgan fingerprint density at radius 1 is 0.909 bits per heavy atom. The quantitative estimate of drug-likeness (QED) is 0.535. The number of ether oxygens (including phenoxy) is 1. The average Bonchev–Trinajstić information content (AvgIpc) is 2.86. The van der Waals surface area contributed by atoms with Gasteiger partial charge < -0.3 is 15.0 Å². The highest BCUT2D eigenvalue weighted by atomic mass is 32.2. The van der Waals surface area contributed by atoms with Crippen molar-refractivity contribution < 1.29 is 13.2 Å². The Bertz CT molecular complexity index is 1130. The van der Waals surface area contributed by atoms with E-state index in [1.54, 1.807) is 24.3 Å². The summed E-state index contributed by atoms with van der Waals surface area (Å²) in [5.74, 6) is 0. The van der Waals surface area contributed by atoms with Crippen LogP contribution in [-0.4, -0.2) is 56.1 Å². The van der Waals surface area contributed by atoms with Crippen molar-refractivity contribution in [3.8, 4) is 0 Å². The van der Waals surface area contributed by atoms with Gasteiger partial charge in [-0.15, -0.1) is 0 Å². The SMILES string of the molecule is CN(C(=S)Nc1ccc(S(=O)(=O)N2CCOCC2)cc1)C(c1ccccc1)c1ccccc1. The Kier molecular flexibility index (Phi) is 7.39. The van der Waals surface area contributed by atoms with Gasteiger partial charge in [-0.1, -0.05) is 60.7 Å². The monoisotopic (exact) mass is 481 g/mol. The molecule has 8 heteroatoms. The number of thiocarbonyl (C=S) groups is 1. The molecule has 0 amide bonds. The number of sulfonamides is 1. The number of rotatable bonds is 6. The van der Waals surface area contributed by atoms with Crippen molar-refractivity contribution in [1.29, 1.82) is 0 Å². The Hall–Kier alpha value is -2.78. The molecule has 0 bridgehead atoms. The van der Waals surface area contributed by atoms with Crippen LogP contribution in [0.4, 0.5) is 5.69 Å². The van der Waals surface area contributed by atoms with Crippen molar-refractivity contribution >= 4 is 33.0 Å². The normalized spacial score (nSPS) is 14.7. The van der Waals surface area contributed by atoms with Crippen molar-refractivity contribution in [2.24, 2.45) is 0 Å². The summed E-state index contributed by atoms with van der Waals surface area (Å²) in [6, 6.07) is 27.1. The van der Waals surface area contributed by atoms with Gasteiger partial charge in [0.05, 0.1) is 24.2 Å². The van der Waals surface area contributed by atoms with Crippen LogP contribution in [0.2, 0.25) is 0 Å². The third-order valence-corrected chi connectivity index (χ3v) is 7.95. The Morgan fingerprint density at radius 2 is 1.42 bits per heavy atom. The van der Waals surface area contributed by atoms with Crippen LogP contribution in [0.5, 0.6) is 0 Å². The lowest BCUT2D eigenvalue weighted by Crippen LogP contribution is -2.40. The first-order chi connectivity index (χ1) is 16.0. The zero-order valence-corrected chi connectivity index (χ0v) is 20.1. The summed E-state index contributed by atoms with van der Waals surface area (Å²) in [4.78, 5) is 2.28. The minimum atomic E-state index is -3.53. The van der Waals surface area contributed by atoms with Crippen LogP contribution < -0.4 is 5.32 Å². The van der Waals surface area contributed by atoms with Crippen LogP contribution in [-0.2, 0) is 14.8 Å². The molecule has 0 radical (unpaired) electrons. The van der Waals surface area contributed by atoms with Gasteiger partial charge in [0.25, 0.3) is 0 Å². The average molecular weight is 482 g/mol. The zero-order chi connectivity index (χ0) is 23.3. The maximum Gasteiger partial charge on any atom is 0.243 e. The van der Waals surface area contributed by atoms with E-state index in [0.29, 0.717) is 31.4 Å². The summed E-state index contributed by atoms with van der Waals surface area (Å²) in [6.07, 6.45) is 0. The van der Waals surface area contributed by atoms with Crippen molar-refractivity contribution in [2.75, 3.05) is 38.7 Å². The van der Waals surface area contributed by atoms with Crippen LogP contribution >= 0.6 is 12.2 Å². The smallest absolute Gasteiger partial charge is 0.243 e. The molecule has 1 saturated heterocycles. The van der Waals surface area contributed by atoms with E-state index in [4.69, 9.17) is 17.0 Å². The van der Waals surface area contributed by atoms with Gasteiger partial charge in [-0.3, -0.25) is 0 Å². The second kappa shape index (κ2) is 10.4. The third kappa shape index (κ3) is 5.42. The summed E-state index contributed by atoms with van der Waals surface area (Å²) in [6.45, 7) is 1.59. The lowest BCUT2D eigenvalue weighted by atomic mass is 9.98. The maximum absolute atomic E-state index is 12.8. The van der Waals surface area contributed by atoms with Gasteiger partial charge in [0.1, 0.15) is 0 Å². The van der Waals surface area contributed by atoms with Crippen LogP contribution in [0.25, 0.3) is 0 Å². The highest BCUT2D eigenvalue weighted by Crippen LogP contribution is 2.28. The fourth-order valence-electron chi connectivity index (χ4n) is 3.89. The lowest BCUT2D eigenvalue weighted by Gasteiger charge is -2.31. The maximum atomic E-state index is 12.8. The van der Waals surface area contributed by atoms with Gasteiger partial charge in [0.2, 0.25) is 10.0 Å². The van der Waals surface area contributed by atoms with Crippen molar-refractivity contribution in [3.63, 3.8) is 0 Å². The molecule has 1 aliphatic heterocycles. The summed E-state index contributed by atoms with van der Waals surface area (Å²) in [5, 5.41) is 3.79. The number of nitrogens with one attached hydrogen (secondary N) is 1. The van der Waals surface area contributed by atoms with E-state index in [0.717, 1.165) is 16.8 Å². The summed E-state index contributed by atoms with van der Waals surface area (Å²) < 4.78 is 32.4. The predicted molar refractivity (Wildman–Crippen MR) is 135 cm³/mol. The topological polar surface area (TPSA) is 61.9 Å². The van der Waals surface area contributed by atoms with Crippen molar-refractivity contribution in [2.45, 2.75) is 10.9 Å². The zero-order valence-electron chi connectivity index (χ0n) is 18.4. The molecule has 3 aromatic rings. The number of anilines is 1. The van der Waals surface area contributed by atoms with Gasteiger partial charge in [-0.2, -0.15) is 4.31 Å². The van der Waals surface area contributed by atoms with Crippen LogP contribution in [0, 0.1) is 0 Å². The molecule has 0 saturated carbocycles. The third-order valence-electron chi connectivity index (χ3n) is 5.65. The first kappa shape index (κ1) is 23.4. The minimum Gasteiger partial charge on any atom is -0.379 e. The van der Waals surface area contributed by atoms with Gasteiger partial charge in [-0.25, -0.2) is 8.42 Å². The van der Waals surface area contributed by atoms with Crippen molar-refractivity contribution in [3.05, 3.63) is 96.1 Å². The number of hydrogen-bond acceptors (Lipinski definition) is 4. The molecular weight excluding hydrogens is 454 g/mol. The molecule has 33 heavy (non-hydrogen) atoms. The summed E-state index contributed by atoms with van der Waals surface area (Å²) in [5.41, 5.74) is 2.98. The highest BCUT2D eigenvalue weighted by molar-refractivity contribution is 7.89. The molecular formula is C25H27N3O3S2. The van der Waals surface area contributed by atoms with Gasteiger partial charge >= 0.3 is 0 Å². The molecule has 3 aromatic carbocycles. The Balaban J connectivity index is 1.51.